The largest absolute Gasteiger partial charge is 0.480 e. The first kappa shape index (κ1) is 13.3. The molecular formula is C11H17NO5S. The van der Waals surface area contributed by atoms with E-state index in [0.717, 1.165) is 0 Å². The number of carbonyl (C=O) groups excluding carboxylic acids is 1. The molecule has 2 fully saturated rings. The van der Waals surface area contributed by atoms with Crippen molar-refractivity contribution in [2.75, 3.05) is 18.1 Å². The van der Waals surface area contributed by atoms with Crippen molar-refractivity contribution in [3.63, 3.8) is 0 Å². The Bertz CT molecular complexity index is 458. The first-order chi connectivity index (χ1) is 8.39. The van der Waals surface area contributed by atoms with Gasteiger partial charge in [-0.3, -0.25) is 4.79 Å². The van der Waals surface area contributed by atoms with Crippen molar-refractivity contribution >= 4 is 21.7 Å². The van der Waals surface area contributed by atoms with E-state index >= 15 is 0 Å². The molecule has 0 saturated carbocycles. The third kappa shape index (κ3) is 2.82. The number of amides is 1. The fraction of sp³-hybridized carbons (Fsp3) is 0.818. The number of sulfone groups is 1. The lowest BCUT2D eigenvalue weighted by Crippen LogP contribution is -2.41. The van der Waals surface area contributed by atoms with Crippen LogP contribution >= 0.6 is 0 Å². The minimum absolute atomic E-state index is 0.0598. The summed E-state index contributed by atoms with van der Waals surface area (Å²) < 4.78 is 22.6. The molecule has 0 radical (unpaired) electrons. The van der Waals surface area contributed by atoms with Crippen LogP contribution in [0.15, 0.2) is 0 Å². The Kier molecular flexibility index (Phi) is 3.61. The summed E-state index contributed by atoms with van der Waals surface area (Å²) in [5.41, 5.74) is 0. The molecule has 0 aromatic rings. The number of carbonyl (C=O) groups is 2. The number of aliphatic carboxylic acids is 1. The van der Waals surface area contributed by atoms with E-state index in [1.807, 2.05) is 0 Å². The molecule has 0 aromatic carbocycles. The molecule has 2 heterocycles. The van der Waals surface area contributed by atoms with E-state index in [9.17, 15) is 18.0 Å². The smallest absolute Gasteiger partial charge is 0.326 e. The van der Waals surface area contributed by atoms with Gasteiger partial charge in [-0.1, -0.05) is 0 Å². The minimum atomic E-state index is -2.98. The van der Waals surface area contributed by atoms with Crippen LogP contribution in [0.25, 0.3) is 0 Å². The monoisotopic (exact) mass is 275 g/mol. The zero-order valence-corrected chi connectivity index (χ0v) is 10.9. The Morgan fingerprint density at radius 1 is 1.28 bits per heavy atom. The zero-order chi connectivity index (χ0) is 13.3. The molecule has 6 nitrogen and oxygen atoms in total. The van der Waals surface area contributed by atoms with Crippen LogP contribution in [0.3, 0.4) is 0 Å². The van der Waals surface area contributed by atoms with Crippen molar-refractivity contribution in [1.29, 1.82) is 0 Å². The summed E-state index contributed by atoms with van der Waals surface area (Å²) in [6, 6.07) is -0.726. The van der Waals surface area contributed by atoms with E-state index in [-0.39, 0.29) is 29.8 Å². The third-order valence-electron chi connectivity index (χ3n) is 3.65. The molecule has 0 spiro atoms. The maximum absolute atomic E-state index is 12.0. The van der Waals surface area contributed by atoms with Crippen LogP contribution in [0.2, 0.25) is 0 Å². The van der Waals surface area contributed by atoms with E-state index in [0.29, 0.717) is 25.8 Å². The Balaban J connectivity index is 1.94. The SMILES string of the molecule is O=C(O)[C@H]1CCCN1C(=O)CC1CCS(=O)(=O)C1. The lowest BCUT2D eigenvalue weighted by atomic mass is 10.0. The van der Waals surface area contributed by atoms with Gasteiger partial charge in [-0.2, -0.15) is 0 Å². The molecule has 0 aliphatic carbocycles. The fourth-order valence-electron chi connectivity index (χ4n) is 2.72. The van der Waals surface area contributed by atoms with Gasteiger partial charge in [0.1, 0.15) is 6.04 Å². The van der Waals surface area contributed by atoms with Gasteiger partial charge in [-0.05, 0) is 25.2 Å². The van der Waals surface area contributed by atoms with E-state index < -0.39 is 21.8 Å². The van der Waals surface area contributed by atoms with Crippen LogP contribution in [-0.4, -0.2) is 54.4 Å². The topological polar surface area (TPSA) is 91.8 Å². The van der Waals surface area contributed by atoms with Gasteiger partial charge in [-0.25, -0.2) is 13.2 Å². The first-order valence-electron chi connectivity index (χ1n) is 6.12. The number of likely N-dealkylation sites (tertiary alicyclic amines) is 1. The van der Waals surface area contributed by atoms with Crippen LogP contribution < -0.4 is 0 Å². The van der Waals surface area contributed by atoms with Crippen LogP contribution in [0.1, 0.15) is 25.7 Å². The molecule has 0 aromatic heterocycles. The molecule has 2 atom stereocenters. The summed E-state index contributed by atoms with van der Waals surface area (Å²) in [5, 5.41) is 8.99. The van der Waals surface area contributed by atoms with Crippen LogP contribution in [0.5, 0.6) is 0 Å². The maximum atomic E-state index is 12.0. The Morgan fingerprint density at radius 3 is 2.56 bits per heavy atom. The van der Waals surface area contributed by atoms with Crippen LogP contribution in [-0.2, 0) is 19.4 Å². The van der Waals surface area contributed by atoms with Crippen LogP contribution in [0.4, 0.5) is 0 Å². The molecule has 2 aliphatic rings. The standard InChI is InChI=1S/C11H17NO5S/c13-10(6-8-3-5-18(16,17)7-8)12-4-1-2-9(12)11(14)15/h8-9H,1-7H2,(H,14,15)/t8?,9-/m1/s1. The van der Waals surface area contributed by atoms with Crippen molar-refractivity contribution in [2.45, 2.75) is 31.7 Å². The fourth-order valence-corrected chi connectivity index (χ4v) is 4.58. The van der Waals surface area contributed by atoms with Crippen molar-refractivity contribution in [2.24, 2.45) is 5.92 Å². The van der Waals surface area contributed by atoms with Crippen molar-refractivity contribution in [1.82, 2.24) is 4.90 Å². The average Bonchev–Trinajstić information content (AvgIpc) is 2.84. The maximum Gasteiger partial charge on any atom is 0.326 e. The second-order valence-electron chi connectivity index (χ2n) is 5.06. The zero-order valence-electron chi connectivity index (χ0n) is 10.0. The van der Waals surface area contributed by atoms with Crippen molar-refractivity contribution < 1.29 is 23.1 Å². The molecule has 2 rings (SSSR count). The van der Waals surface area contributed by atoms with Crippen molar-refractivity contribution in [3.05, 3.63) is 0 Å². The average molecular weight is 275 g/mol. The highest BCUT2D eigenvalue weighted by molar-refractivity contribution is 7.91. The quantitative estimate of drug-likeness (QED) is 0.775. The highest BCUT2D eigenvalue weighted by Crippen LogP contribution is 2.25. The highest BCUT2D eigenvalue weighted by Gasteiger charge is 2.36. The van der Waals surface area contributed by atoms with Gasteiger partial charge in [0, 0.05) is 13.0 Å². The van der Waals surface area contributed by atoms with Gasteiger partial charge in [-0.15, -0.1) is 0 Å². The second-order valence-corrected chi connectivity index (χ2v) is 7.29. The predicted octanol–water partition coefficient (Wildman–Crippen LogP) is -0.113. The molecule has 7 heteroatoms. The summed E-state index contributed by atoms with van der Waals surface area (Å²) in [5.74, 6) is -1.13. The molecule has 1 unspecified atom stereocenters. The van der Waals surface area contributed by atoms with Gasteiger partial charge in [0.25, 0.3) is 0 Å². The number of carboxylic acid groups (broad SMARTS) is 1. The number of hydrogen-bond acceptors (Lipinski definition) is 4. The molecule has 18 heavy (non-hydrogen) atoms. The molecule has 2 aliphatic heterocycles. The predicted molar refractivity (Wildman–Crippen MR) is 63.7 cm³/mol. The summed E-state index contributed by atoms with van der Waals surface area (Å²) in [7, 11) is -2.98. The van der Waals surface area contributed by atoms with Crippen LogP contribution in [0, 0.1) is 5.92 Å². The lowest BCUT2D eigenvalue weighted by Gasteiger charge is -2.22. The summed E-state index contributed by atoms with van der Waals surface area (Å²) in [6.45, 7) is 0.468. The lowest BCUT2D eigenvalue weighted by molar-refractivity contribution is -0.148. The van der Waals surface area contributed by atoms with Gasteiger partial charge in [0.2, 0.25) is 5.91 Å². The Labute approximate surface area is 106 Å². The summed E-state index contributed by atoms with van der Waals surface area (Å²) in [6.07, 6.45) is 1.86. The van der Waals surface area contributed by atoms with E-state index in [1.54, 1.807) is 0 Å². The van der Waals surface area contributed by atoms with E-state index in [2.05, 4.69) is 0 Å². The van der Waals surface area contributed by atoms with Gasteiger partial charge in [0.15, 0.2) is 9.84 Å². The van der Waals surface area contributed by atoms with E-state index in [4.69, 9.17) is 5.11 Å². The Morgan fingerprint density at radius 2 is 2.00 bits per heavy atom. The summed E-state index contributed by atoms with van der Waals surface area (Å²) in [4.78, 5) is 24.3. The normalized spacial score (nSPS) is 30.6. The van der Waals surface area contributed by atoms with Gasteiger partial charge >= 0.3 is 5.97 Å². The number of rotatable bonds is 3. The summed E-state index contributed by atoms with van der Waals surface area (Å²) >= 11 is 0. The number of carboxylic acids is 1. The molecule has 1 N–H and O–H groups in total. The van der Waals surface area contributed by atoms with Crippen molar-refractivity contribution in [3.8, 4) is 0 Å². The number of nitrogens with zero attached hydrogens (tertiary/aromatic N) is 1. The molecule has 1 amide bonds. The minimum Gasteiger partial charge on any atom is -0.480 e. The Hall–Kier alpha value is -1.11. The third-order valence-corrected chi connectivity index (χ3v) is 5.49. The molecule has 102 valence electrons. The molecule has 0 bridgehead atoms. The first-order valence-corrected chi connectivity index (χ1v) is 7.94. The highest BCUT2D eigenvalue weighted by atomic mass is 32.2. The molecule has 2 saturated heterocycles. The molecular weight excluding hydrogens is 258 g/mol. The van der Waals surface area contributed by atoms with Gasteiger partial charge < -0.3 is 10.0 Å². The van der Waals surface area contributed by atoms with E-state index in [1.165, 1.54) is 4.90 Å². The van der Waals surface area contributed by atoms with Gasteiger partial charge in [0.05, 0.1) is 11.5 Å². The number of hydrogen-bond donors (Lipinski definition) is 1. The second kappa shape index (κ2) is 4.87.